The number of hydrogen-bond acceptors (Lipinski definition) is 5. The fourth-order valence-corrected chi connectivity index (χ4v) is 1.38. The number of rotatable bonds is 5. The Morgan fingerprint density at radius 2 is 2.16 bits per heavy atom. The molecule has 1 amide bonds. The molecule has 0 aliphatic heterocycles. The molecule has 0 aliphatic rings. The molecule has 19 heavy (non-hydrogen) atoms. The molecule has 0 saturated carbocycles. The number of nitrogens with one attached hydrogen (secondary N) is 1. The molecule has 0 aliphatic carbocycles. The predicted molar refractivity (Wildman–Crippen MR) is 64.8 cm³/mol. The van der Waals surface area contributed by atoms with Gasteiger partial charge >= 0.3 is 11.9 Å². The van der Waals surface area contributed by atoms with Crippen LogP contribution in [-0.4, -0.2) is 41.1 Å². The molecule has 0 saturated heterocycles. The summed E-state index contributed by atoms with van der Waals surface area (Å²) in [6.45, 7) is 0. The fourth-order valence-electron chi connectivity index (χ4n) is 1.22. The Kier molecular flexibility index (Phi) is 5.25. The lowest BCUT2D eigenvalue weighted by molar-refractivity contribution is -0.147. The minimum absolute atomic E-state index is 0.0383. The van der Waals surface area contributed by atoms with E-state index >= 15 is 0 Å². The van der Waals surface area contributed by atoms with Crippen LogP contribution in [-0.2, 0) is 14.3 Å². The number of methoxy groups -OCH3 is 1. The first kappa shape index (κ1) is 14.9. The van der Waals surface area contributed by atoms with Gasteiger partial charge in [0.2, 0.25) is 0 Å². The number of carbonyl (C=O) groups is 3. The number of carbonyl (C=O) groups excluding carboxylic acids is 2. The first-order valence-electron chi connectivity index (χ1n) is 5.17. The van der Waals surface area contributed by atoms with Gasteiger partial charge in [-0.3, -0.25) is 9.59 Å². The number of pyridine rings is 1. The summed E-state index contributed by atoms with van der Waals surface area (Å²) >= 11 is 5.61. The monoisotopic (exact) mass is 286 g/mol. The summed E-state index contributed by atoms with van der Waals surface area (Å²) in [5.74, 6) is -2.83. The summed E-state index contributed by atoms with van der Waals surface area (Å²) in [5.41, 5.74) is -0.0383. The number of aromatic nitrogens is 1. The van der Waals surface area contributed by atoms with Crippen LogP contribution in [0.2, 0.25) is 5.15 Å². The SMILES string of the molecule is COC(=O)C[C@H](NC(=O)c1cccc(Cl)n1)C(=O)O. The average Bonchev–Trinajstić information content (AvgIpc) is 2.37. The minimum Gasteiger partial charge on any atom is -0.480 e. The Labute approximate surface area is 113 Å². The first-order chi connectivity index (χ1) is 8.93. The van der Waals surface area contributed by atoms with E-state index in [2.05, 4.69) is 15.0 Å². The van der Waals surface area contributed by atoms with Gasteiger partial charge in [-0.2, -0.15) is 0 Å². The van der Waals surface area contributed by atoms with Gasteiger partial charge in [-0.1, -0.05) is 17.7 Å². The number of amides is 1. The van der Waals surface area contributed by atoms with Crippen LogP contribution in [0, 0.1) is 0 Å². The summed E-state index contributed by atoms with van der Waals surface area (Å²) in [5, 5.41) is 11.2. The highest BCUT2D eigenvalue weighted by Crippen LogP contribution is 2.06. The second kappa shape index (κ2) is 6.69. The smallest absolute Gasteiger partial charge is 0.326 e. The minimum atomic E-state index is -1.39. The van der Waals surface area contributed by atoms with E-state index in [-0.39, 0.29) is 10.8 Å². The van der Waals surface area contributed by atoms with Crippen molar-refractivity contribution in [2.24, 2.45) is 0 Å². The number of hydrogen-bond donors (Lipinski definition) is 2. The Morgan fingerprint density at radius 3 is 2.68 bits per heavy atom. The molecule has 0 aromatic carbocycles. The molecule has 7 nitrogen and oxygen atoms in total. The summed E-state index contributed by atoms with van der Waals surface area (Å²) in [6.07, 6.45) is -0.474. The number of aliphatic carboxylic acids is 1. The molecule has 8 heteroatoms. The van der Waals surface area contributed by atoms with Crippen molar-refractivity contribution in [2.75, 3.05) is 7.11 Å². The molecule has 1 heterocycles. The van der Waals surface area contributed by atoms with E-state index in [0.717, 1.165) is 7.11 Å². The molecule has 1 atom stereocenters. The lowest BCUT2D eigenvalue weighted by atomic mass is 10.2. The summed E-state index contributed by atoms with van der Waals surface area (Å²) in [4.78, 5) is 37.4. The zero-order chi connectivity index (χ0) is 14.4. The van der Waals surface area contributed by atoms with E-state index < -0.39 is 30.3 Å². The molecule has 0 spiro atoms. The first-order valence-corrected chi connectivity index (χ1v) is 5.55. The van der Waals surface area contributed by atoms with Crippen molar-refractivity contribution in [3.8, 4) is 0 Å². The van der Waals surface area contributed by atoms with Crippen LogP contribution < -0.4 is 5.32 Å². The maximum absolute atomic E-state index is 11.7. The second-order valence-electron chi connectivity index (χ2n) is 3.49. The molecule has 0 radical (unpaired) electrons. The van der Waals surface area contributed by atoms with Crippen molar-refractivity contribution in [3.63, 3.8) is 0 Å². The van der Waals surface area contributed by atoms with Crippen molar-refractivity contribution in [3.05, 3.63) is 29.0 Å². The Balaban J connectivity index is 2.77. The molecule has 102 valence electrons. The van der Waals surface area contributed by atoms with Crippen LogP contribution in [0.3, 0.4) is 0 Å². The Morgan fingerprint density at radius 1 is 1.47 bits per heavy atom. The molecule has 1 rings (SSSR count). The van der Waals surface area contributed by atoms with Gasteiger partial charge < -0.3 is 15.2 Å². The van der Waals surface area contributed by atoms with Gasteiger partial charge in [-0.25, -0.2) is 9.78 Å². The number of carboxylic acid groups (broad SMARTS) is 1. The largest absolute Gasteiger partial charge is 0.480 e. The highest BCUT2D eigenvalue weighted by atomic mass is 35.5. The number of halogens is 1. The van der Waals surface area contributed by atoms with Crippen LogP contribution in [0.25, 0.3) is 0 Å². The summed E-state index contributed by atoms with van der Waals surface area (Å²) < 4.78 is 4.35. The van der Waals surface area contributed by atoms with Crippen molar-refractivity contribution >= 4 is 29.4 Å². The maximum atomic E-state index is 11.7. The normalized spacial score (nSPS) is 11.5. The highest BCUT2D eigenvalue weighted by molar-refractivity contribution is 6.29. The van der Waals surface area contributed by atoms with Gasteiger partial charge in [0, 0.05) is 0 Å². The molecule has 1 aromatic rings. The Bertz CT molecular complexity index is 506. The van der Waals surface area contributed by atoms with Crippen LogP contribution in [0.1, 0.15) is 16.9 Å². The quantitative estimate of drug-likeness (QED) is 0.602. The highest BCUT2D eigenvalue weighted by Gasteiger charge is 2.24. The molecule has 2 N–H and O–H groups in total. The van der Waals surface area contributed by atoms with Gasteiger partial charge in [-0.05, 0) is 12.1 Å². The number of esters is 1. The maximum Gasteiger partial charge on any atom is 0.326 e. The van der Waals surface area contributed by atoms with Crippen molar-refractivity contribution in [2.45, 2.75) is 12.5 Å². The lowest BCUT2D eigenvalue weighted by Crippen LogP contribution is -2.42. The van der Waals surface area contributed by atoms with Crippen LogP contribution in [0.5, 0.6) is 0 Å². The molecule has 0 bridgehead atoms. The lowest BCUT2D eigenvalue weighted by Gasteiger charge is -2.12. The third kappa shape index (κ3) is 4.55. The van der Waals surface area contributed by atoms with Gasteiger partial charge in [0.1, 0.15) is 16.9 Å². The third-order valence-electron chi connectivity index (χ3n) is 2.15. The number of ether oxygens (including phenoxy) is 1. The second-order valence-corrected chi connectivity index (χ2v) is 3.88. The van der Waals surface area contributed by atoms with Crippen molar-refractivity contribution < 1.29 is 24.2 Å². The van der Waals surface area contributed by atoms with Crippen molar-refractivity contribution in [1.29, 1.82) is 0 Å². The van der Waals surface area contributed by atoms with E-state index in [1.807, 2.05) is 0 Å². The topological polar surface area (TPSA) is 106 Å². The zero-order valence-corrected chi connectivity index (χ0v) is 10.7. The van der Waals surface area contributed by atoms with Crippen LogP contribution in [0.15, 0.2) is 18.2 Å². The van der Waals surface area contributed by atoms with Gasteiger partial charge in [-0.15, -0.1) is 0 Å². The average molecular weight is 287 g/mol. The Hall–Kier alpha value is -2.15. The predicted octanol–water partition coefficient (Wildman–Crippen LogP) is 0.481. The molecule has 1 aromatic heterocycles. The fraction of sp³-hybridized carbons (Fsp3) is 0.273. The van der Waals surface area contributed by atoms with E-state index in [4.69, 9.17) is 16.7 Å². The third-order valence-corrected chi connectivity index (χ3v) is 2.36. The zero-order valence-electron chi connectivity index (χ0n) is 9.92. The molecular weight excluding hydrogens is 276 g/mol. The molecule has 0 unspecified atom stereocenters. The van der Waals surface area contributed by atoms with Gasteiger partial charge in [0.15, 0.2) is 0 Å². The van der Waals surface area contributed by atoms with Gasteiger partial charge in [0.05, 0.1) is 13.5 Å². The van der Waals surface area contributed by atoms with Gasteiger partial charge in [0.25, 0.3) is 5.91 Å². The van der Waals surface area contributed by atoms with E-state index in [0.29, 0.717) is 0 Å². The number of nitrogens with zero attached hydrogens (tertiary/aromatic N) is 1. The van der Waals surface area contributed by atoms with Crippen molar-refractivity contribution in [1.82, 2.24) is 10.3 Å². The van der Waals surface area contributed by atoms with Crippen LogP contribution in [0.4, 0.5) is 0 Å². The van der Waals surface area contributed by atoms with Crippen LogP contribution >= 0.6 is 11.6 Å². The molecule has 0 fully saturated rings. The number of carboxylic acids is 1. The summed E-state index contributed by atoms with van der Waals surface area (Å²) in [7, 11) is 1.13. The molecular formula is C11H11ClN2O5. The standard InChI is InChI=1S/C11H11ClN2O5/c1-19-9(15)5-7(11(17)18)14-10(16)6-3-2-4-8(12)13-6/h2-4,7H,5H2,1H3,(H,14,16)(H,17,18)/t7-/m0/s1. The summed E-state index contributed by atoms with van der Waals surface area (Å²) in [6, 6.07) is 2.96. The van der Waals surface area contributed by atoms with E-state index in [9.17, 15) is 14.4 Å². The van der Waals surface area contributed by atoms with E-state index in [1.54, 1.807) is 0 Å². The van der Waals surface area contributed by atoms with E-state index in [1.165, 1.54) is 18.2 Å².